The van der Waals surface area contributed by atoms with E-state index in [1.807, 2.05) is 6.92 Å². The highest BCUT2D eigenvalue weighted by Gasteiger charge is 2.04. The van der Waals surface area contributed by atoms with Crippen LogP contribution in [0.5, 0.6) is 0 Å². The molecule has 0 heterocycles. The Morgan fingerprint density at radius 2 is 2.18 bits per heavy atom. The second kappa shape index (κ2) is 6.58. The van der Waals surface area contributed by atoms with E-state index in [9.17, 15) is 0 Å². The highest BCUT2D eigenvalue weighted by molar-refractivity contribution is 4.66. The second-order valence-corrected chi connectivity index (χ2v) is 2.80. The fraction of sp³-hybridized carbons (Fsp3) is 1.00. The summed E-state index contributed by atoms with van der Waals surface area (Å²) in [6.45, 7) is 5.75. The van der Waals surface area contributed by atoms with Crippen LogP contribution in [-0.4, -0.2) is 32.3 Å². The molecule has 0 aliphatic carbocycles. The van der Waals surface area contributed by atoms with Crippen molar-refractivity contribution in [3.63, 3.8) is 0 Å². The molecule has 3 heteroatoms. The third kappa shape index (κ3) is 5.18. The SMILES string of the molecule is CCC(CN)NCC(C)OC. The van der Waals surface area contributed by atoms with Gasteiger partial charge in [-0.15, -0.1) is 0 Å². The molecule has 0 aromatic heterocycles. The summed E-state index contributed by atoms with van der Waals surface area (Å²) in [6.07, 6.45) is 1.35. The molecule has 0 fully saturated rings. The van der Waals surface area contributed by atoms with E-state index in [1.54, 1.807) is 7.11 Å². The Morgan fingerprint density at radius 3 is 2.55 bits per heavy atom. The van der Waals surface area contributed by atoms with Crippen LogP contribution in [0, 0.1) is 0 Å². The molecule has 0 radical (unpaired) electrons. The third-order valence-corrected chi connectivity index (χ3v) is 1.87. The first-order valence-electron chi connectivity index (χ1n) is 4.20. The summed E-state index contributed by atoms with van der Waals surface area (Å²) < 4.78 is 5.09. The summed E-state index contributed by atoms with van der Waals surface area (Å²) in [5, 5.41) is 3.32. The number of ether oxygens (including phenoxy) is 1. The lowest BCUT2D eigenvalue weighted by Crippen LogP contribution is -2.39. The van der Waals surface area contributed by atoms with Crippen LogP contribution < -0.4 is 11.1 Å². The van der Waals surface area contributed by atoms with Crippen molar-refractivity contribution in [2.45, 2.75) is 32.4 Å². The monoisotopic (exact) mass is 160 g/mol. The van der Waals surface area contributed by atoms with Gasteiger partial charge in [0.15, 0.2) is 0 Å². The predicted octanol–water partition coefficient (Wildman–Crippen LogP) is 0.348. The summed E-state index contributed by atoms with van der Waals surface area (Å²) in [5.74, 6) is 0. The minimum absolute atomic E-state index is 0.274. The molecular formula is C8H20N2O. The number of hydrogen-bond acceptors (Lipinski definition) is 3. The van der Waals surface area contributed by atoms with Gasteiger partial charge in [0.25, 0.3) is 0 Å². The summed E-state index contributed by atoms with van der Waals surface area (Å²) >= 11 is 0. The average molecular weight is 160 g/mol. The fourth-order valence-electron chi connectivity index (χ4n) is 0.810. The lowest BCUT2D eigenvalue weighted by molar-refractivity contribution is 0.114. The number of nitrogens with two attached hydrogens (primary N) is 1. The van der Waals surface area contributed by atoms with Crippen molar-refractivity contribution in [3.8, 4) is 0 Å². The average Bonchev–Trinajstić information content (AvgIpc) is 2.06. The highest BCUT2D eigenvalue weighted by Crippen LogP contribution is 1.90. The van der Waals surface area contributed by atoms with Crippen LogP contribution in [0.25, 0.3) is 0 Å². The Balaban J connectivity index is 3.34. The third-order valence-electron chi connectivity index (χ3n) is 1.87. The lowest BCUT2D eigenvalue weighted by Gasteiger charge is -2.17. The summed E-state index contributed by atoms with van der Waals surface area (Å²) in [4.78, 5) is 0. The molecule has 0 spiro atoms. The molecular weight excluding hydrogens is 140 g/mol. The quantitative estimate of drug-likeness (QED) is 0.589. The van der Waals surface area contributed by atoms with Gasteiger partial charge in [0.1, 0.15) is 0 Å². The zero-order valence-corrected chi connectivity index (χ0v) is 7.76. The molecule has 0 rings (SSSR count). The van der Waals surface area contributed by atoms with E-state index >= 15 is 0 Å². The topological polar surface area (TPSA) is 47.3 Å². The fourth-order valence-corrected chi connectivity index (χ4v) is 0.810. The van der Waals surface area contributed by atoms with Crippen LogP contribution >= 0.6 is 0 Å². The first kappa shape index (κ1) is 10.9. The molecule has 2 unspecified atom stereocenters. The van der Waals surface area contributed by atoms with E-state index < -0.39 is 0 Å². The second-order valence-electron chi connectivity index (χ2n) is 2.80. The Bertz CT molecular complexity index is 84.2. The van der Waals surface area contributed by atoms with Crippen LogP contribution in [0.2, 0.25) is 0 Å². The van der Waals surface area contributed by atoms with Gasteiger partial charge in [0.05, 0.1) is 6.10 Å². The van der Waals surface area contributed by atoms with E-state index in [0.29, 0.717) is 12.6 Å². The zero-order chi connectivity index (χ0) is 8.69. The molecule has 0 amide bonds. The number of hydrogen-bond donors (Lipinski definition) is 2. The summed E-state index contributed by atoms with van der Waals surface area (Å²) in [7, 11) is 1.72. The normalized spacial score (nSPS) is 16.4. The molecule has 2 atom stereocenters. The van der Waals surface area contributed by atoms with Crippen LogP contribution in [-0.2, 0) is 4.74 Å². The molecule has 68 valence electrons. The van der Waals surface area contributed by atoms with E-state index in [1.165, 1.54) is 0 Å². The Kier molecular flexibility index (Phi) is 6.51. The summed E-state index contributed by atoms with van der Waals surface area (Å²) in [5.41, 5.74) is 5.51. The number of nitrogens with one attached hydrogen (secondary N) is 1. The molecule has 0 aliphatic heterocycles. The van der Waals surface area contributed by atoms with E-state index in [4.69, 9.17) is 10.5 Å². The maximum absolute atomic E-state index is 5.51. The Hall–Kier alpha value is -0.120. The summed E-state index contributed by atoms with van der Waals surface area (Å²) in [6, 6.07) is 0.438. The van der Waals surface area contributed by atoms with Crippen molar-refractivity contribution in [3.05, 3.63) is 0 Å². The highest BCUT2D eigenvalue weighted by atomic mass is 16.5. The van der Waals surface area contributed by atoms with E-state index in [2.05, 4.69) is 12.2 Å². The molecule has 0 aliphatic rings. The minimum Gasteiger partial charge on any atom is -0.380 e. The smallest absolute Gasteiger partial charge is 0.0667 e. The lowest BCUT2D eigenvalue weighted by atomic mass is 10.2. The van der Waals surface area contributed by atoms with Crippen molar-refractivity contribution in [1.29, 1.82) is 0 Å². The van der Waals surface area contributed by atoms with Gasteiger partial charge in [-0.05, 0) is 13.3 Å². The number of rotatable bonds is 6. The van der Waals surface area contributed by atoms with Gasteiger partial charge in [0.2, 0.25) is 0 Å². The van der Waals surface area contributed by atoms with Crippen LogP contribution in [0.1, 0.15) is 20.3 Å². The minimum atomic E-state index is 0.274. The van der Waals surface area contributed by atoms with Crippen molar-refractivity contribution in [1.82, 2.24) is 5.32 Å². The molecule has 0 aromatic carbocycles. The van der Waals surface area contributed by atoms with Gasteiger partial charge in [0, 0.05) is 26.2 Å². The molecule has 11 heavy (non-hydrogen) atoms. The molecule has 3 N–H and O–H groups in total. The maximum atomic E-state index is 5.51. The van der Waals surface area contributed by atoms with Crippen LogP contribution in [0.4, 0.5) is 0 Å². The molecule has 0 saturated heterocycles. The van der Waals surface area contributed by atoms with Gasteiger partial charge in [-0.1, -0.05) is 6.92 Å². The molecule has 3 nitrogen and oxygen atoms in total. The number of methoxy groups -OCH3 is 1. The first-order valence-corrected chi connectivity index (χ1v) is 4.20. The van der Waals surface area contributed by atoms with Crippen molar-refractivity contribution in [2.75, 3.05) is 20.2 Å². The first-order chi connectivity index (χ1) is 5.24. The molecule has 0 saturated carbocycles. The molecule has 0 bridgehead atoms. The predicted molar refractivity (Wildman–Crippen MR) is 47.6 cm³/mol. The largest absolute Gasteiger partial charge is 0.380 e. The standard InChI is InChI=1S/C8H20N2O/c1-4-8(5-9)10-6-7(2)11-3/h7-8,10H,4-6,9H2,1-3H3. The van der Waals surface area contributed by atoms with Crippen LogP contribution in [0.15, 0.2) is 0 Å². The van der Waals surface area contributed by atoms with Crippen LogP contribution in [0.3, 0.4) is 0 Å². The van der Waals surface area contributed by atoms with E-state index in [0.717, 1.165) is 13.0 Å². The Labute approximate surface area is 69.3 Å². The van der Waals surface area contributed by atoms with Gasteiger partial charge < -0.3 is 15.8 Å². The Morgan fingerprint density at radius 1 is 1.55 bits per heavy atom. The van der Waals surface area contributed by atoms with Gasteiger partial charge in [-0.3, -0.25) is 0 Å². The molecule has 0 aromatic rings. The van der Waals surface area contributed by atoms with E-state index in [-0.39, 0.29) is 6.10 Å². The zero-order valence-electron chi connectivity index (χ0n) is 7.76. The van der Waals surface area contributed by atoms with Crippen molar-refractivity contribution < 1.29 is 4.74 Å². The van der Waals surface area contributed by atoms with Crippen molar-refractivity contribution >= 4 is 0 Å². The van der Waals surface area contributed by atoms with Crippen molar-refractivity contribution in [2.24, 2.45) is 5.73 Å². The maximum Gasteiger partial charge on any atom is 0.0667 e. The van der Waals surface area contributed by atoms with Gasteiger partial charge in [-0.25, -0.2) is 0 Å². The van der Waals surface area contributed by atoms with Gasteiger partial charge >= 0.3 is 0 Å². The van der Waals surface area contributed by atoms with Gasteiger partial charge in [-0.2, -0.15) is 0 Å².